The van der Waals surface area contributed by atoms with Crippen LogP contribution in [0.2, 0.25) is 0 Å². The van der Waals surface area contributed by atoms with Gasteiger partial charge in [-0.1, -0.05) is 24.6 Å². The number of aromatic hydroxyl groups is 1. The molecule has 24 heavy (non-hydrogen) atoms. The summed E-state index contributed by atoms with van der Waals surface area (Å²) in [4.78, 5) is 0. The van der Waals surface area contributed by atoms with Crippen molar-refractivity contribution < 1.29 is 14.6 Å². The van der Waals surface area contributed by atoms with E-state index >= 15 is 0 Å². The lowest BCUT2D eigenvalue weighted by Gasteiger charge is -2.10. The highest BCUT2D eigenvalue weighted by molar-refractivity contribution is 5.73. The van der Waals surface area contributed by atoms with Gasteiger partial charge in [-0.05, 0) is 37.6 Å². The predicted molar refractivity (Wildman–Crippen MR) is 92.7 cm³/mol. The summed E-state index contributed by atoms with van der Waals surface area (Å²) in [5, 5.41) is 17.2. The maximum atomic E-state index is 10.3. The number of nitrogens with one attached hydrogen (secondary N) is 1. The Morgan fingerprint density at radius 2 is 1.83 bits per heavy atom. The largest absolute Gasteiger partial charge is 0.507 e. The van der Waals surface area contributed by atoms with Crippen molar-refractivity contribution in [2.45, 2.75) is 20.3 Å². The van der Waals surface area contributed by atoms with Gasteiger partial charge in [0.15, 0.2) is 5.75 Å². The number of benzene rings is 2. The maximum absolute atomic E-state index is 10.3. The van der Waals surface area contributed by atoms with Crippen LogP contribution in [0.3, 0.4) is 0 Å². The lowest BCUT2D eigenvalue weighted by molar-refractivity contribution is 0.315. The van der Waals surface area contributed by atoms with E-state index in [-0.39, 0.29) is 5.75 Å². The standard InChI is InChI=1S/C19H20N2O3/c1-3-10-23-15-8-9-16(17(22)11-15)19-18(12-20-21-19)24-14-6-4-13(2)5-7-14/h4-9,11-12,22H,3,10H2,1-2H3,(H,20,21). The molecule has 0 fully saturated rings. The van der Waals surface area contributed by atoms with Gasteiger partial charge in [0.2, 0.25) is 0 Å². The van der Waals surface area contributed by atoms with E-state index in [0.29, 0.717) is 35.1 Å². The number of phenolic OH excluding ortho intramolecular Hbond substituents is 1. The first-order valence-corrected chi connectivity index (χ1v) is 7.91. The zero-order valence-corrected chi connectivity index (χ0v) is 13.7. The van der Waals surface area contributed by atoms with Crippen molar-refractivity contribution >= 4 is 0 Å². The molecule has 3 rings (SSSR count). The smallest absolute Gasteiger partial charge is 0.173 e. The minimum Gasteiger partial charge on any atom is -0.507 e. The highest BCUT2D eigenvalue weighted by atomic mass is 16.5. The molecule has 0 bridgehead atoms. The molecule has 3 aromatic rings. The second kappa shape index (κ2) is 7.08. The van der Waals surface area contributed by atoms with E-state index in [1.807, 2.05) is 44.2 Å². The predicted octanol–water partition coefficient (Wildman–Crippen LogP) is 4.67. The molecule has 5 nitrogen and oxygen atoms in total. The second-order valence-electron chi connectivity index (χ2n) is 5.55. The van der Waals surface area contributed by atoms with Crippen molar-refractivity contribution in [2.75, 3.05) is 6.61 Å². The van der Waals surface area contributed by atoms with Gasteiger partial charge in [0, 0.05) is 11.6 Å². The first-order valence-electron chi connectivity index (χ1n) is 7.91. The molecule has 124 valence electrons. The van der Waals surface area contributed by atoms with Crippen LogP contribution < -0.4 is 9.47 Å². The van der Waals surface area contributed by atoms with E-state index in [0.717, 1.165) is 12.0 Å². The first-order chi connectivity index (χ1) is 11.7. The van der Waals surface area contributed by atoms with Crippen LogP contribution in [0.1, 0.15) is 18.9 Å². The highest BCUT2D eigenvalue weighted by Gasteiger charge is 2.14. The number of hydrogen-bond acceptors (Lipinski definition) is 4. The Labute approximate surface area is 140 Å². The van der Waals surface area contributed by atoms with Crippen molar-refractivity contribution in [3.05, 3.63) is 54.2 Å². The fourth-order valence-electron chi connectivity index (χ4n) is 2.31. The van der Waals surface area contributed by atoms with Crippen LogP contribution >= 0.6 is 0 Å². The van der Waals surface area contributed by atoms with E-state index in [9.17, 15) is 5.11 Å². The highest BCUT2D eigenvalue weighted by Crippen LogP contribution is 2.37. The molecule has 0 saturated heterocycles. The maximum Gasteiger partial charge on any atom is 0.173 e. The van der Waals surface area contributed by atoms with Gasteiger partial charge in [0.25, 0.3) is 0 Å². The van der Waals surface area contributed by atoms with Crippen molar-refractivity contribution in [2.24, 2.45) is 0 Å². The Bertz CT molecular complexity index is 810. The molecule has 5 heteroatoms. The van der Waals surface area contributed by atoms with Crippen molar-refractivity contribution in [1.29, 1.82) is 0 Å². The molecule has 0 atom stereocenters. The second-order valence-corrected chi connectivity index (χ2v) is 5.55. The Morgan fingerprint density at radius 3 is 2.54 bits per heavy atom. The van der Waals surface area contributed by atoms with E-state index in [4.69, 9.17) is 9.47 Å². The lowest BCUT2D eigenvalue weighted by Crippen LogP contribution is -1.95. The molecule has 2 aromatic carbocycles. The molecule has 0 aliphatic rings. The number of aromatic amines is 1. The molecular weight excluding hydrogens is 304 g/mol. The molecule has 0 aliphatic carbocycles. The Kier molecular flexibility index (Phi) is 4.70. The third kappa shape index (κ3) is 3.51. The summed E-state index contributed by atoms with van der Waals surface area (Å²) in [6.07, 6.45) is 2.51. The SMILES string of the molecule is CCCOc1ccc(-c2[nH]ncc2Oc2ccc(C)cc2)c(O)c1. The number of H-pyrrole nitrogens is 1. The summed E-state index contributed by atoms with van der Waals surface area (Å²) in [5.74, 6) is 2.02. The molecule has 0 saturated carbocycles. The number of hydrogen-bond donors (Lipinski definition) is 2. The molecule has 1 aromatic heterocycles. The van der Waals surface area contributed by atoms with Crippen LogP contribution in [0.15, 0.2) is 48.7 Å². The summed E-state index contributed by atoms with van der Waals surface area (Å²) in [7, 11) is 0. The number of rotatable bonds is 6. The number of aryl methyl sites for hydroxylation is 1. The Hall–Kier alpha value is -2.95. The molecule has 0 unspecified atom stereocenters. The summed E-state index contributed by atoms with van der Waals surface area (Å²) >= 11 is 0. The molecular formula is C19H20N2O3. The summed E-state index contributed by atoms with van der Waals surface area (Å²) in [5.41, 5.74) is 2.39. The fraction of sp³-hybridized carbons (Fsp3) is 0.211. The molecule has 0 aliphatic heterocycles. The van der Waals surface area contributed by atoms with E-state index in [2.05, 4.69) is 10.2 Å². The van der Waals surface area contributed by atoms with E-state index in [1.54, 1.807) is 18.3 Å². The quantitative estimate of drug-likeness (QED) is 0.691. The first kappa shape index (κ1) is 15.9. The van der Waals surface area contributed by atoms with Gasteiger partial charge in [0.1, 0.15) is 22.9 Å². The average molecular weight is 324 g/mol. The van der Waals surface area contributed by atoms with Gasteiger partial charge in [-0.2, -0.15) is 5.10 Å². The lowest BCUT2D eigenvalue weighted by atomic mass is 10.1. The monoisotopic (exact) mass is 324 g/mol. The van der Waals surface area contributed by atoms with E-state index in [1.165, 1.54) is 0 Å². The van der Waals surface area contributed by atoms with Gasteiger partial charge in [-0.3, -0.25) is 5.10 Å². The van der Waals surface area contributed by atoms with Crippen molar-refractivity contribution in [3.63, 3.8) is 0 Å². The van der Waals surface area contributed by atoms with Crippen LogP contribution in [0.25, 0.3) is 11.3 Å². The van der Waals surface area contributed by atoms with Crippen molar-refractivity contribution in [3.8, 4) is 34.3 Å². The van der Waals surface area contributed by atoms with Crippen LogP contribution in [0.4, 0.5) is 0 Å². The van der Waals surface area contributed by atoms with Crippen LogP contribution in [0, 0.1) is 6.92 Å². The number of phenols is 1. The minimum absolute atomic E-state index is 0.113. The van der Waals surface area contributed by atoms with Gasteiger partial charge in [0.05, 0.1) is 12.8 Å². The normalized spacial score (nSPS) is 10.6. The third-order valence-corrected chi connectivity index (χ3v) is 3.56. The molecule has 2 N–H and O–H groups in total. The van der Waals surface area contributed by atoms with Crippen LogP contribution in [0.5, 0.6) is 23.0 Å². The zero-order valence-electron chi connectivity index (χ0n) is 13.7. The number of ether oxygens (including phenoxy) is 2. The number of nitrogens with zero attached hydrogens (tertiary/aromatic N) is 1. The minimum atomic E-state index is 0.113. The third-order valence-electron chi connectivity index (χ3n) is 3.56. The van der Waals surface area contributed by atoms with Gasteiger partial charge < -0.3 is 14.6 Å². The van der Waals surface area contributed by atoms with E-state index < -0.39 is 0 Å². The van der Waals surface area contributed by atoms with Gasteiger partial charge in [-0.15, -0.1) is 0 Å². The van der Waals surface area contributed by atoms with Crippen molar-refractivity contribution in [1.82, 2.24) is 10.2 Å². The van der Waals surface area contributed by atoms with Crippen LogP contribution in [-0.2, 0) is 0 Å². The molecule has 0 spiro atoms. The summed E-state index contributed by atoms with van der Waals surface area (Å²) in [6.45, 7) is 4.67. The summed E-state index contributed by atoms with van der Waals surface area (Å²) < 4.78 is 11.4. The van der Waals surface area contributed by atoms with Gasteiger partial charge in [-0.25, -0.2) is 0 Å². The fourth-order valence-corrected chi connectivity index (χ4v) is 2.31. The topological polar surface area (TPSA) is 67.4 Å². The Morgan fingerprint density at radius 1 is 1.08 bits per heavy atom. The molecule has 0 amide bonds. The zero-order chi connectivity index (χ0) is 16.9. The molecule has 1 heterocycles. The Balaban J connectivity index is 1.85. The average Bonchev–Trinajstić information content (AvgIpc) is 3.03. The van der Waals surface area contributed by atoms with Crippen LogP contribution in [-0.4, -0.2) is 21.9 Å². The molecule has 0 radical (unpaired) electrons. The van der Waals surface area contributed by atoms with Gasteiger partial charge >= 0.3 is 0 Å². The number of aromatic nitrogens is 2. The summed E-state index contributed by atoms with van der Waals surface area (Å²) in [6, 6.07) is 13.0.